The second-order valence-electron chi connectivity index (χ2n) is 3.81. The third-order valence-electron chi connectivity index (χ3n) is 2.46. The van der Waals surface area contributed by atoms with Gasteiger partial charge in [0.1, 0.15) is 5.69 Å². The van der Waals surface area contributed by atoms with Gasteiger partial charge in [-0.3, -0.25) is 0 Å². The van der Waals surface area contributed by atoms with E-state index in [0.29, 0.717) is 5.56 Å². The molecule has 0 radical (unpaired) electrons. The first-order valence-electron chi connectivity index (χ1n) is 5.06. The van der Waals surface area contributed by atoms with Crippen LogP contribution in [-0.2, 0) is 6.18 Å². The van der Waals surface area contributed by atoms with Gasteiger partial charge in [0.15, 0.2) is 0 Å². The summed E-state index contributed by atoms with van der Waals surface area (Å²) in [5.41, 5.74) is -0.862. The Bertz CT molecular complexity index is 696. The number of aromatic amines is 1. The lowest BCUT2D eigenvalue weighted by Gasteiger charge is -2.05. The Morgan fingerprint density at radius 3 is 2.15 bits per heavy atom. The molecule has 1 aromatic carbocycles. The summed E-state index contributed by atoms with van der Waals surface area (Å²) in [5, 5.41) is 0.533. The summed E-state index contributed by atoms with van der Waals surface area (Å²) in [6.45, 7) is 7.04. The fraction of sp³-hybridized carbons (Fsp3) is 0.0833. The molecule has 8 heteroatoms. The minimum absolute atomic E-state index is 0.0172. The van der Waals surface area contributed by atoms with E-state index in [1.807, 2.05) is 0 Å². The van der Waals surface area contributed by atoms with Gasteiger partial charge in [0.05, 0.1) is 16.7 Å². The van der Waals surface area contributed by atoms with Crippen LogP contribution in [-0.4, -0.2) is 4.98 Å². The standard InChI is InChI=1S/C12H4BrCl2F3N2/c1-19-10-8(13)11(12(16,17)18)20-9(10)5-2-6(14)4-7(15)3-5/h2-4,20H. The Balaban J connectivity index is 2.72. The van der Waals surface area contributed by atoms with Crippen molar-refractivity contribution in [1.82, 2.24) is 4.98 Å². The molecule has 0 atom stereocenters. The van der Waals surface area contributed by atoms with E-state index in [9.17, 15) is 13.2 Å². The predicted octanol–water partition coefficient (Wildman–Crippen LogP) is 6.32. The molecule has 2 nitrogen and oxygen atoms in total. The van der Waals surface area contributed by atoms with Gasteiger partial charge in [-0.2, -0.15) is 13.2 Å². The first-order chi connectivity index (χ1) is 9.24. The zero-order valence-corrected chi connectivity index (χ0v) is 12.5. The van der Waals surface area contributed by atoms with Crippen LogP contribution in [0, 0.1) is 6.57 Å². The van der Waals surface area contributed by atoms with E-state index < -0.39 is 11.9 Å². The highest BCUT2D eigenvalue weighted by Gasteiger charge is 2.37. The minimum Gasteiger partial charge on any atom is -0.360 e. The molecule has 1 heterocycles. The average molecular weight is 384 g/mol. The van der Waals surface area contributed by atoms with Crippen molar-refractivity contribution in [2.45, 2.75) is 6.18 Å². The zero-order valence-electron chi connectivity index (χ0n) is 9.45. The maximum absolute atomic E-state index is 12.8. The van der Waals surface area contributed by atoms with Crippen molar-refractivity contribution < 1.29 is 13.2 Å². The maximum Gasteiger partial charge on any atom is 0.431 e. The Kier molecular flexibility index (Phi) is 4.05. The number of nitrogens with one attached hydrogen (secondary N) is 1. The lowest BCUT2D eigenvalue weighted by molar-refractivity contribution is -0.141. The molecule has 1 aromatic heterocycles. The number of rotatable bonds is 1. The summed E-state index contributed by atoms with van der Waals surface area (Å²) in [6.07, 6.45) is -4.60. The van der Waals surface area contributed by atoms with E-state index in [4.69, 9.17) is 29.8 Å². The fourth-order valence-corrected chi connectivity index (χ4v) is 2.81. The van der Waals surface area contributed by atoms with Crippen LogP contribution >= 0.6 is 39.1 Å². The molecule has 0 aliphatic carbocycles. The Morgan fingerprint density at radius 1 is 1.15 bits per heavy atom. The molecular weight excluding hydrogens is 380 g/mol. The molecular formula is C12H4BrCl2F3N2. The van der Waals surface area contributed by atoms with Crippen LogP contribution in [0.25, 0.3) is 16.1 Å². The molecule has 0 aliphatic rings. The van der Waals surface area contributed by atoms with Gasteiger partial charge >= 0.3 is 6.18 Å². The van der Waals surface area contributed by atoms with Crippen LogP contribution in [0.1, 0.15) is 5.69 Å². The zero-order chi connectivity index (χ0) is 15.1. The van der Waals surface area contributed by atoms with Gasteiger partial charge in [-0.15, -0.1) is 0 Å². The van der Waals surface area contributed by atoms with Crippen molar-refractivity contribution in [3.63, 3.8) is 0 Å². The van der Waals surface area contributed by atoms with E-state index in [0.717, 1.165) is 0 Å². The molecule has 1 N–H and O–H groups in total. The number of nitrogens with zero attached hydrogens (tertiary/aromatic N) is 1. The number of H-pyrrole nitrogens is 1. The average Bonchev–Trinajstić information content (AvgIpc) is 2.64. The van der Waals surface area contributed by atoms with Crippen molar-refractivity contribution in [3.05, 3.63) is 49.8 Å². The second kappa shape index (κ2) is 5.32. The van der Waals surface area contributed by atoms with E-state index in [1.54, 1.807) is 0 Å². The third kappa shape index (κ3) is 2.80. The SMILES string of the molecule is [C-]#[N+]c1c(-c2cc(Cl)cc(Cl)c2)[nH]c(C(F)(F)F)c1Br. The normalized spacial score (nSPS) is 11.4. The molecule has 0 aliphatic heterocycles. The quantitative estimate of drug-likeness (QED) is 0.556. The van der Waals surface area contributed by atoms with Crippen LogP contribution in [0.15, 0.2) is 22.7 Å². The number of alkyl halides is 3. The van der Waals surface area contributed by atoms with E-state index >= 15 is 0 Å². The highest BCUT2D eigenvalue weighted by molar-refractivity contribution is 9.10. The smallest absolute Gasteiger partial charge is 0.360 e. The predicted molar refractivity (Wildman–Crippen MR) is 75.2 cm³/mol. The van der Waals surface area contributed by atoms with Gasteiger partial charge in [-0.1, -0.05) is 39.1 Å². The molecule has 2 aromatic rings. The van der Waals surface area contributed by atoms with Gasteiger partial charge in [0, 0.05) is 10.0 Å². The summed E-state index contributed by atoms with van der Waals surface area (Å²) in [5.74, 6) is 0. The summed E-state index contributed by atoms with van der Waals surface area (Å²) in [4.78, 5) is 5.33. The first-order valence-corrected chi connectivity index (χ1v) is 6.61. The molecule has 0 saturated heterocycles. The van der Waals surface area contributed by atoms with Crippen molar-refractivity contribution in [3.8, 4) is 11.3 Å². The summed E-state index contributed by atoms with van der Waals surface area (Å²) in [7, 11) is 0. The molecule has 0 amide bonds. The number of hydrogen-bond donors (Lipinski definition) is 1. The molecule has 0 spiro atoms. The highest BCUT2D eigenvalue weighted by atomic mass is 79.9. The van der Waals surface area contributed by atoms with Crippen molar-refractivity contribution in [1.29, 1.82) is 0 Å². The monoisotopic (exact) mass is 382 g/mol. The molecule has 104 valence electrons. The Hall–Kier alpha value is -1.16. The van der Waals surface area contributed by atoms with Crippen molar-refractivity contribution in [2.24, 2.45) is 0 Å². The number of benzene rings is 1. The molecule has 2 rings (SSSR count). The van der Waals surface area contributed by atoms with Gasteiger partial charge in [-0.05, 0) is 23.8 Å². The van der Waals surface area contributed by atoms with Crippen LogP contribution < -0.4 is 0 Å². The van der Waals surface area contributed by atoms with E-state index in [2.05, 4.69) is 25.8 Å². The second-order valence-corrected chi connectivity index (χ2v) is 5.47. The molecule has 0 fully saturated rings. The van der Waals surface area contributed by atoms with Crippen LogP contribution in [0.3, 0.4) is 0 Å². The topological polar surface area (TPSA) is 20.1 Å². The molecule has 0 saturated carbocycles. The minimum atomic E-state index is -4.60. The van der Waals surface area contributed by atoms with E-state index in [1.165, 1.54) is 18.2 Å². The molecule has 0 bridgehead atoms. The van der Waals surface area contributed by atoms with Crippen LogP contribution in [0.5, 0.6) is 0 Å². The van der Waals surface area contributed by atoms with Crippen molar-refractivity contribution >= 4 is 44.8 Å². The maximum atomic E-state index is 12.8. The van der Waals surface area contributed by atoms with Crippen LogP contribution in [0.4, 0.5) is 18.9 Å². The first kappa shape index (κ1) is 15.2. The van der Waals surface area contributed by atoms with Crippen LogP contribution in [0.2, 0.25) is 10.0 Å². The van der Waals surface area contributed by atoms with E-state index in [-0.39, 0.29) is 25.9 Å². The fourth-order valence-electron chi connectivity index (χ4n) is 1.67. The summed E-state index contributed by atoms with van der Waals surface area (Å²) in [6, 6.07) is 4.31. The lowest BCUT2D eigenvalue weighted by atomic mass is 10.1. The number of aromatic nitrogens is 1. The third-order valence-corrected chi connectivity index (χ3v) is 3.67. The van der Waals surface area contributed by atoms with Gasteiger partial charge in [0.25, 0.3) is 0 Å². The lowest BCUT2D eigenvalue weighted by Crippen LogP contribution is -2.06. The number of halogens is 6. The Labute approximate surface area is 130 Å². The molecule has 0 unspecified atom stereocenters. The van der Waals surface area contributed by atoms with Gasteiger partial charge < -0.3 is 4.98 Å². The summed E-state index contributed by atoms with van der Waals surface area (Å²) >= 11 is 14.4. The molecule has 20 heavy (non-hydrogen) atoms. The van der Waals surface area contributed by atoms with Gasteiger partial charge in [0.2, 0.25) is 5.69 Å². The Morgan fingerprint density at radius 2 is 1.70 bits per heavy atom. The number of hydrogen-bond acceptors (Lipinski definition) is 0. The summed E-state index contributed by atoms with van der Waals surface area (Å²) < 4.78 is 38.2. The largest absolute Gasteiger partial charge is 0.431 e. The highest BCUT2D eigenvalue weighted by Crippen LogP contribution is 2.45. The van der Waals surface area contributed by atoms with Gasteiger partial charge in [-0.25, -0.2) is 4.85 Å². The van der Waals surface area contributed by atoms with Crippen molar-refractivity contribution in [2.75, 3.05) is 0 Å².